The van der Waals surface area contributed by atoms with Crippen LogP contribution in [0.4, 0.5) is 0 Å². The maximum Gasteiger partial charge on any atom is 0.320 e. The Morgan fingerprint density at radius 3 is 2.64 bits per heavy atom. The number of nitrogens with zero attached hydrogens (tertiary/aromatic N) is 4. The predicted octanol–water partition coefficient (Wildman–Crippen LogP) is 8.75. The van der Waals surface area contributed by atoms with Crippen molar-refractivity contribution < 1.29 is 28.5 Å². The number of ether oxygens (including phenoxy) is 3. The third-order valence-corrected chi connectivity index (χ3v) is 11.2. The highest BCUT2D eigenvalue weighted by Crippen LogP contribution is 2.42. The molecule has 5 aromatic rings. The molecule has 0 aliphatic carbocycles. The van der Waals surface area contributed by atoms with Crippen molar-refractivity contribution in [1.82, 2.24) is 14.9 Å². The van der Waals surface area contributed by atoms with E-state index >= 15 is 0 Å². The molecular weight excluding hydrogens is 692 g/mol. The van der Waals surface area contributed by atoms with Gasteiger partial charge in [0.15, 0.2) is 11.5 Å². The summed E-state index contributed by atoms with van der Waals surface area (Å²) < 4.78 is 25.0. The van der Waals surface area contributed by atoms with Gasteiger partial charge in [0.25, 0.3) is 0 Å². The number of rotatable bonds is 11. The molecule has 2 aromatic heterocycles. The molecule has 53 heavy (non-hydrogen) atoms. The highest BCUT2D eigenvalue weighted by molar-refractivity contribution is 6.32. The molecule has 0 spiro atoms. The highest BCUT2D eigenvalue weighted by Gasteiger charge is 2.37. The SMILES string of the molecule is Cc1c(COc2cc(OCc3cncc(C#N)c3)c(CN3CCCC[C@H]3C(=O)O)cc2Cl)cccc1-c1ccc2oc(C3CC4CCC(C3)O4)nc2c1. The minimum absolute atomic E-state index is 0.160. The third-order valence-electron chi connectivity index (χ3n) is 10.9. The summed E-state index contributed by atoms with van der Waals surface area (Å²) in [5.41, 5.74) is 7.79. The lowest BCUT2D eigenvalue weighted by Gasteiger charge is -2.33. The number of aliphatic carboxylic acids is 1. The first-order valence-corrected chi connectivity index (χ1v) is 18.7. The molecule has 0 amide bonds. The molecule has 1 N–H and O–H groups in total. The number of piperidine rings is 1. The van der Waals surface area contributed by atoms with Crippen LogP contribution in [0.1, 0.15) is 84.6 Å². The summed E-state index contributed by atoms with van der Waals surface area (Å²) in [5.74, 6) is 1.26. The Labute approximate surface area is 313 Å². The van der Waals surface area contributed by atoms with Crippen LogP contribution < -0.4 is 9.47 Å². The van der Waals surface area contributed by atoms with Gasteiger partial charge in [0, 0.05) is 42.0 Å². The Morgan fingerprint density at radius 1 is 1.00 bits per heavy atom. The van der Waals surface area contributed by atoms with Crippen LogP contribution in [0.15, 0.2) is 71.4 Å². The van der Waals surface area contributed by atoms with Crippen LogP contribution in [-0.2, 0) is 29.3 Å². The van der Waals surface area contributed by atoms with E-state index in [9.17, 15) is 15.2 Å². The number of halogens is 1. The first kappa shape index (κ1) is 35.1. The molecule has 2 unspecified atom stereocenters. The lowest BCUT2D eigenvalue weighted by molar-refractivity contribution is -0.144. The van der Waals surface area contributed by atoms with Gasteiger partial charge in [-0.3, -0.25) is 14.7 Å². The van der Waals surface area contributed by atoms with Crippen molar-refractivity contribution in [2.24, 2.45) is 0 Å². The van der Waals surface area contributed by atoms with Crippen LogP contribution in [0.3, 0.4) is 0 Å². The van der Waals surface area contributed by atoms with Crippen LogP contribution in [-0.4, -0.2) is 50.7 Å². The third kappa shape index (κ3) is 7.61. The molecule has 3 aliphatic rings. The molecule has 5 heterocycles. The standard InChI is InChI=1S/C42H41ClN4O6/c1-25-29(5-4-6-34(25)28-8-11-38-36(17-28)46-41(53-38)30-14-32-9-10-33(15-30)52-32)24-51-40-18-39(50-23-27-13-26(19-44)20-45-21-27)31(16-35(40)43)22-47-12-3-2-7-37(47)42(48)49/h4-6,8,11,13,16-18,20-21,30,32-33,37H,2-3,7,9-10,12,14-15,22-24H2,1H3,(H,48,49)/t30?,32?,33?,37-/m0/s1. The Balaban J connectivity index is 1.02. The second-order valence-corrected chi connectivity index (χ2v) is 14.8. The topological polar surface area (TPSA) is 131 Å². The number of carbonyl (C=O) groups is 1. The predicted molar refractivity (Wildman–Crippen MR) is 199 cm³/mol. The van der Waals surface area contributed by atoms with Crippen molar-refractivity contribution in [2.75, 3.05) is 6.54 Å². The number of hydrogen-bond acceptors (Lipinski definition) is 9. The second-order valence-electron chi connectivity index (χ2n) is 14.4. The fraction of sp³-hybridized carbons (Fsp3) is 0.381. The quantitative estimate of drug-likeness (QED) is 0.141. The number of pyridine rings is 1. The lowest BCUT2D eigenvalue weighted by atomic mass is 9.95. The number of likely N-dealkylation sites (tertiary alicyclic amines) is 1. The van der Waals surface area contributed by atoms with Gasteiger partial charge in [-0.2, -0.15) is 5.26 Å². The number of aromatic nitrogens is 2. The van der Waals surface area contributed by atoms with Crippen LogP contribution in [0, 0.1) is 18.3 Å². The van der Waals surface area contributed by atoms with Gasteiger partial charge in [-0.25, -0.2) is 4.98 Å². The second kappa shape index (κ2) is 15.2. The number of carboxylic acids is 1. The van der Waals surface area contributed by atoms with Gasteiger partial charge in [-0.15, -0.1) is 0 Å². The number of fused-ring (bicyclic) bond motifs is 3. The smallest absolute Gasteiger partial charge is 0.320 e. The number of carboxylic acid groups (broad SMARTS) is 1. The van der Waals surface area contributed by atoms with Crippen molar-refractivity contribution in [2.45, 2.75) is 95.8 Å². The Morgan fingerprint density at radius 2 is 1.83 bits per heavy atom. The molecule has 10 nitrogen and oxygen atoms in total. The van der Waals surface area contributed by atoms with Gasteiger partial charge < -0.3 is 23.7 Å². The van der Waals surface area contributed by atoms with Crippen molar-refractivity contribution >= 4 is 28.7 Å². The molecule has 8 rings (SSSR count). The summed E-state index contributed by atoms with van der Waals surface area (Å²) in [4.78, 5) is 23.1. The zero-order valence-electron chi connectivity index (χ0n) is 29.6. The molecule has 3 fully saturated rings. The molecule has 272 valence electrons. The van der Waals surface area contributed by atoms with Crippen LogP contribution in [0.2, 0.25) is 5.02 Å². The minimum atomic E-state index is -0.831. The van der Waals surface area contributed by atoms with E-state index in [-0.39, 0.29) is 13.2 Å². The summed E-state index contributed by atoms with van der Waals surface area (Å²) in [7, 11) is 0. The van der Waals surface area contributed by atoms with E-state index in [2.05, 4.69) is 36.2 Å². The van der Waals surface area contributed by atoms with Gasteiger partial charge in [0.05, 0.1) is 22.8 Å². The lowest BCUT2D eigenvalue weighted by Crippen LogP contribution is -2.44. The molecular formula is C42H41ClN4O6. The van der Waals surface area contributed by atoms with Crippen molar-refractivity contribution in [3.63, 3.8) is 0 Å². The van der Waals surface area contributed by atoms with Gasteiger partial charge in [0.2, 0.25) is 0 Å². The molecule has 2 bridgehead atoms. The normalized spacial score (nSPS) is 21.4. The van der Waals surface area contributed by atoms with Crippen LogP contribution in [0.25, 0.3) is 22.2 Å². The van der Waals surface area contributed by atoms with E-state index in [0.29, 0.717) is 59.7 Å². The molecule has 3 atom stereocenters. The highest BCUT2D eigenvalue weighted by atomic mass is 35.5. The zero-order chi connectivity index (χ0) is 36.5. The summed E-state index contributed by atoms with van der Waals surface area (Å²) >= 11 is 6.86. The molecule has 0 saturated carbocycles. The molecule has 11 heteroatoms. The van der Waals surface area contributed by atoms with Gasteiger partial charge in [0.1, 0.15) is 42.3 Å². The van der Waals surface area contributed by atoms with E-state index in [1.165, 1.54) is 6.20 Å². The average Bonchev–Trinajstić information content (AvgIpc) is 3.76. The molecule has 3 saturated heterocycles. The van der Waals surface area contributed by atoms with Gasteiger partial charge in [-0.1, -0.05) is 42.3 Å². The summed E-state index contributed by atoms with van der Waals surface area (Å²) in [6.07, 6.45) is 10.4. The number of hydrogen-bond donors (Lipinski definition) is 1. The summed E-state index contributed by atoms with van der Waals surface area (Å²) in [6.45, 7) is 3.54. The molecule has 3 aliphatic heterocycles. The van der Waals surface area contributed by atoms with Crippen molar-refractivity contribution in [3.05, 3.63) is 106 Å². The Hall–Kier alpha value is -4.95. The van der Waals surface area contributed by atoms with Crippen LogP contribution in [0.5, 0.6) is 11.5 Å². The maximum absolute atomic E-state index is 12.1. The fourth-order valence-electron chi connectivity index (χ4n) is 8.07. The monoisotopic (exact) mass is 732 g/mol. The van der Waals surface area contributed by atoms with E-state index in [1.54, 1.807) is 24.4 Å². The average molecular weight is 733 g/mol. The first-order valence-electron chi connectivity index (χ1n) is 18.3. The van der Waals surface area contributed by atoms with E-state index < -0.39 is 12.0 Å². The summed E-state index contributed by atoms with van der Waals surface area (Å²) in [5, 5.41) is 19.6. The van der Waals surface area contributed by atoms with Gasteiger partial charge in [-0.05, 0) is 98.5 Å². The first-order chi connectivity index (χ1) is 25.8. The summed E-state index contributed by atoms with van der Waals surface area (Å²) in [6, 6.07) is 19.2. The Kier molecular flexibility index (Phi) is 10.1. The Bertz CT molecular complexity index is 2180. The van der Waals surface area contributed by atoms with E-state index in [4.69, 9.17) is 35.2 Å². The fourth-order valence-corrected chi connectivity index (χ4v) is 8.31. The number of benzene rings is 3. The number of nitriles is 1. The minimum Gasteiger partial charge on any atom is -0.488 e. The zero-order valence-corrected chi connectivity index (χ0v) is 30.3. The molecule has 3 aromatic carbocycles. The number of oxazole rings is 1. The van der Waals surface area contributed by atoms with Crippen molar-refractivity contribution in [1.29, 1.82) is 5.26 Å². The van der Waals surface area contributed by atoms with Crippen molar-refractivity contribution in [3.8, 4) is 28.7 Å². The van der Waals surface area contributed by atoms with Gasteiger partial charge >= 0.3 is 5.97 Å². The van der Waals surface area contributed by atoms with E-state index in [0.717, 1.165) is 88.9 Å². The van der Waals surface area contributed by atoms with Crippen LogP contribution >= 0.6 is 11.6 Å². The van der Waals surface area contributed by atoms with E-state index in [1.807, 2.05) is 23.1 Å². The molecule has 0 radical (unpaired) electrons. The maximum atomic E-state index is 12.1. The largest absolute Gasteiger partial charge is 0.488 e.